The van der Waals surface area contributed by atoms with Crippen LogP contribution in [0.4, 0.5) is 0 Å². The lowest BCUT2D eigenvalue weighted by Gasteiger charge is -2.36. The predicted molar refractivity (Wildman–Crippen MR) is 84.8 cm³/mol. The zero-order chi connectivity index (χ0) is 16.0. The van der Waals surface area contributed by atoms with Crippen LogP contribution in [0.15, 0.2) is 16.5 Å². The first-order chi connectivity index (χ1) is 10.6. The Bertz CT molecular complexity index is 459. The van der Waals surface area contributed by atoms with Gasteiger partial charge in [0.05, 0.1) is 5.71 Å². The number of hydrogen-bond acceptors (Lipinski definition) is 5. The molecule has 0 aromatic heterocycles. The highest BCUT2D eigenvalue weighted by molar-refractivity contribution is 6.20. The van der Waals surface area contributed by atoms with Crippen LogP contribution in [0.25, 0.3) is 0 Å². The maximum absolute atomic E-state index is 12.5. The Morgan fingerprint density at radius 1 is 1.27 bits per heavy atom. The number of aliphatic hydroxyl groups is 1. The van der Waals surface area contributed by atoms with Crippen molar-refractivity contribution in [3.8, 4) is 0 Å². The van der Waals surface area contributed by atoms with Crippen LogP contribution >= 0.6 is 0 Å². The lowest BCUT2D eigenvalue weighted by molar-refractivity contribution is -0.159. The van der Waals surface area contributed by atoms with Gasteiger partial charge in [-0.1, -0.05) is 31.3 Å². The van der Waals surface area contributed by atoms with E-state index >= 15 is 0 Å². The molecule has 1 heterocycles. The van der Waals surface area contributed by atoms with E-state index in [0.29, 0.717) is 25.2 Å². The van der Waals surface area contributed by atoms with Gasteiger partial charge < -0.3 is 14.7 Å². The topological polar surface area (TPSA) is 68.1 Å². The second-order valence-corrected chi connectivity index (χ2v) is 6.19. The van der Waals surface area contributed by atoms with E-state index in [-0.39, 0.29) is 11.3 Å². The van der Waals surface area contributed by atoms with E-state index in [2.05, 4.69) is 5.16 Å². The van der Waals surface area contributed by atoms with Gasteiger partial charge in [-0.3, -0.25) is 0 Å². The molecule has 0 atom stereocenters. The molecule has 0 saturated heterocycles. The van der Waals surface area contributed by atoms with Crippen molar-refractivity contribution in [2.24, 2.45) is 5.16 Å². The van der Waals surface area contributed by atoms with Gasteiger partial charge >= 0.3 is 5.97 Å². The van der Waals surface area contributed by atoms with Crippen molar-refractivity contribution in [1.29, 1.82) is 0 Å². The van der Waals surface area contributed by atoms with Crippen LogP contribution in [-0.4, -0.2) is 29.0 Å². The number of carbonyl (C=O) groups is 1. The first-order valence-electron chi connectivity index (χ1n) is 8.46. The van der Waals surface area contributed by atoms with Crippen LogP contribution in [-0.2, 0) is 14.4 Å². The van der Waals surface area contributed by atoms with Gasteiger partial charge in [-0.05, 0) is 39.0 Å². The van der Waals surface area contributed by atoms with E-state index in [4.69, 9.17) is 9.57 Å². The van der Waals surface area contributed by atoms with Gasteiger partial charge in [0.15, 0.2) is 0 Å². The highest BCUT2D eigenvalue weighted by Crippen LogP contribution is 2.40. The average molecular weight is 309 g/mol. The van der Waals surface area contributed by atoms with Crippen molar-refractivity contribution < 1.29 is 19.5 Å². The zero-order valence-electron chi connectivity index (χ0n) is 13.7. The summed E-state index contributed by atoms with van der Waals surface area (Å²) >= 11 is 0. The summed E-state index contributed by atoms with van der Waals surface area (Å²) in [6, 6.07) is 0. The lowest BCUT2D eigenvalue weighted by atomic mass is 9.85. The molecule has 1 aliphatic carbocycles. The van der Waals surface area contributed by atoms with Crippen LogP contribution in [0.1, 0.15) is 71.6 Å². The molecule has 1 N–H and O–H groups in total. The first kappa shape index (κ1) is 16.8. The Labute approximate surface area is 132 Å². The highest BCUT2D eigenvalue weighted by Gasteiger charge is 2.43. The number of carbonyl (C=O) groups excluding carboxylic acids is 1. The molecular weight excluding hydrogens is 282 g/mol. The molecule has 22 heavy (non-hydrogen) atoms. The standard InChI is InChI=1S/C17H27NO4/c1-3-9-13(18-21-4-2)15-14(19)12-17(22-16(15)20)10-7-5-6-8-11-17/h19H,3-12H2,1-2H3. The fraction of sp³-hybridized carbons (Fsp3) is 0.765. The van der Waals surface area contributed by atoms with Crippen LogP contribution in [0.3, 0.4) is 0 Å². The summed E-state index contributed by atoms with van der Waals surface area (Å²) in [4.78, 5) is 17.6. The molecule has 5 nitrogen and oxygen atoms in total. The van der Waals surface area contributed by atoms with Gasteiger partial charge in [0.25, 0.3) is 0 Å². The molecule has 1 spiro atoms. The first-order valence-corrected chi connectivity index (χ1v) is 8.46. The maximum atomic E-state index is 12.5. The summed E-state index contributed by atoms with van der Waals surface area (Å²) in [6.45, 7) is 4.27. The Hall–Kier alpha value is -1.52. The number of aliphatic hydroxyl groups excluding tert-OH is 1. The van der Waals surface area contributed by atoms with Gasteiger partial charge in [-0.25, -0.2) is 4.79 Å². The van der Waals surface area contributed by atoms with Crippen molar-refractivity contribution in [2.45, 2.75) is 77.2 Å². The van der Waals surface area contributed by atoms with Crippen LogP contribution in [0.2, 0.25) is 0 Å². The van der Waals surface area contributed by atoms with Crippen molar-refractivity contribution in [3.05, 3.63) is 11.3 Å². The third-order valence-electron chi connectivity index (χ3n) is 4.39. The van der Waals surface area contributed by atoms with E-state index < -0.39 is 11.6 Å². The Balaban J connectivity index is 2.26. The highest BCUT2D eigenvalue weighted by atomic mass is 16.6. The molecule has 0 radical (unpaired) electrons. The smallest absolute Gasteiger partial charge is 0.344 e. The summed E-state index contributed by atoms with van der Waals surface area (Å²) in [6.07, 6.45) is 7.91. The van der Waals surface area contributed by atoms with Gasteiger partial charge in [-0.2, -0.15) is 0 Å². The molecule has 0 aromatic rings. The Kier molecular flexibility index (Phi) is 5.86. The van der Waals surface area contributed by atoms with Gasteiger partial charge in [0.2, 0.25) is 0 Å². The van der Waals surface area contributed by atoms with E-state index in [9.17, 15) is 9.90 Å². The fourth-order valence-corrected chi connectivity index (χ4v) is 3.33. The minimum absolute atomic E-state index is 0.116. The molecule has 0 aromatic carbocycles. The molecule has 0 bridgehead atoms. The maximum Gasteiger partial charge on any atom is 0.344 e. The van der Waals surface area contributed by atoms with E-state index in [1.165, 1.54) is 12.8 Å². The lowest BCUT2D eigenvalue weighted by Crippen LogP contribution is -2.41. The van der Waals surface area contributed by atoms with Gasteiger partial charge in [0, 0.05) is 6.42 Å². The molecule has 1 saturated carbocycles. The predicted octanol–water partition coefficient (Wildman–Crippen LogP) is 4.03. The molecule has 0 unspecified atom stereocenters. The van der Waals surface area contributed by atoms with Crippen LogP contribution in [0.5, 0.6) is 0 Å². The quantitative estimate of drug-likeness (QED) is 0.473. The number of oxime groups is 1. The number of rotatable bonds is 5. The minimum Gasteiger partial charge on any atom is -0.511 e. The normalized spacial score (nSPS) is 22.5. The zero-order valence-corrected chi connectivity index (χ0v) is 13.7. The van der Waals surface area contributed by atoms with Gasteiger partial charge in [-0.15, -0.1) is 0 Å². The molecule has 124 valence electrons. The van der Waals surface area contributed by atoms with E-state index in [1.54, 1.807) is 0 Å². The van der Waals surface area contributed by atoms with Crippen molar-refractivity contribution in [2.75, 3.05) is 6.61 Å². The van der Waals surface area contributed by atoms with Crippen molar-refractivity contribution in [1.82, 2.24) is 0 Å². The summed E-state index contributed by atoms with van der Waals surface area (Å²) in [5.41, 5.74) is 0.199. The Morgan fingerprint density at radius 3 is 2.50 bits per heavy atom. The number of ether oxygens (including phenoxy) is 1. The number of nitrogens with zero attached hydrogens (tertiary/aromatic N) is 1. The van der Waals surface area contributed by atoms with Crippen molar-refractivity contribution in [3.63, 3.8) is 0 Å². The summed E-state index contributed by atoms with van der Waals surface area (Å²) in [5, 5.41) is 14.5. The summed E-state index contributed by atoms with van der Waals surface area (Å²) in [5.74, 6) is -0.331. The van der Waals surface area contributed by atoms with Crippen molar-refractivity contribution >= 4 is 11.7 Å². The SMILES string of the molecule is CCCC(=NOCC)C1=C(O)CC2(CCCCCC2)OC1=O. The fourth-order valence-electron chi connectivity index (χ4n) is 3.33. The van der Waals surface area contributed by atoms with Crippen LogP contribution in [0, 0.1) is 0 Å². The largest absolute Gasteiger partial charge is 0.511 e. The number of esters is 1. The third kappa shape index (κ3) is 3.81. The molecule has 2 aliphatic rings. The second-order valence-electron chi connectivity index (χ2n) is 6.19. The van der Waals surface area contributed by atoms with E-state index in [0.717, 1.165) is 32.1 Å². The molecule has 5 heteroatoms. The molecular formula is C17H27NO4. The number of hydrogen-bond donors (Lipinski definition) is 1. The van der Waals surface area contributed by atoms with Gasteiger partial charge in [0.1, 0.15) is 23.5 Å². The third-order valence-corrected chi connectivity index (χ3v) is 4.39. The summed E-state index contributed by atoms with van der Waals surface area (Å²) < 4.78 is 5.79. The molecule has 0 amide bonds. The summed E-state index contributed by atoms with van der Waals surface area (Å²) in [7, 11) is 0. The van der Waals surface area contributed by atoms with Crippen LogP contribution < -0.4 is 0 Å². The molecule has 1 fully saturated rings. The minimum atomic E-state index is -0.510. The second kappa shape index (κ2) is 7.65. The molecule has 1 aliphatic heterocycles. The average Bonchev–Trinajstić information content (AvgIpc) is 2.69. The monoisotopic (exact) mass is 309 g/mol. The Morgan fingerprint density at radius 2 is 1.95 bits per heavy atom. The van der Waals surface area contributed by atoms with E-state index in [1.807, 2.05) is 13.8 Å². The molecule has 2 rings (SSSR count).